The molecule has 0 aromatic carbocycles. The van der Waals surface area contributed by atoms with Crippen LogP contribution in [-0.4, -0.2) is 16.8 Å². The summed E-state index contributed by atoms with van der Waals surface area (Å²) in [5.41, 5.74) is 0. The summed E-state index contributed by atoms with van der Waals surface area (Å²) >= 11 is 1.90. The normalized spacial score (nSPS) is 34.3. The summed E-state index contributed by atoms with van der Waals surface area (Å²) in [6.07, 6.45) is 1.64. The van der Waals surface area contributed by atoms with Crippen LogP contribution in [0.1, 0.15) is 27.2 Å². The van der Waals surface area contributed by atoms with E-state index in [4.69, 9.17) is 4.74 Å². The lowest BCUT2D eigenvalue weighted by molar-refractivity contribution is 0.0797. The maximum Gasteiger partial charge on any atom is 0.0929 e. The number of thioether (sulfide) groups is 1. The lowest BCUT2D eigenvalue weighted by atomic mass is 10.1. The summed E-state index contributed by atoms with van der Waals surface area (Å²) < 4.78 is 5.82. The van der Waals surface area contributed by atoms with Gasteiger partial charge < -0.3 is 4.74 Å². The summed E-state index contributed by atoms with van der Waals surface area (Å²) in [4.78, 5) is 0. The Hall–Kier alpha value is 0.310. The van der Waals surface area contributed by atoms with Crippen molar-refractivity contribution >= 4 is 11.8 Å². The molecule has 1 saturated heterocycles. The quantitative estimate of drug-likeness (QED) is 0.518. The van der Waals surface area contributed by atoms with Gasteiger partial charge in [0, 0.05) is 4.75 Å². The van der Waals surface area contributed by atoms with Crippen LogP contribution in [0.5, 0.6) is 0 Å². The van der Waals surface area contributed by atoms with Crippen molar-refractivity contribution in [3.63, 3.8) is 0 Å². The molecular formula is C7H14OS. The van der Waals surface area contributed by atoms with Gasteiger partial charge in [0.05, 0.1) is 12.0 Å². The van der Waals surface area contributed by atoms with Crippen molar-refractivity contribution in [2.45, 2.75) is 38.0 Å². The Morgan fingerprint density at radius 2 is 2.22 bits per heavy atom. The lowest BCUT2D eigenvalue weighted by Crippen LogP contribution is -2.29. The van der Waals surface area contributed by atoms with Gasteiger partial charge in [-0.2, -0.15) is 0 Å². The van der Waals surface area contributed by atoms with Gasteiger partial charge in [-0.1, -0.05) is 13.8 Å². The molecule has 0 amide bonds. The van der Waals surface area contributed by atoms with E-state index in [1.54, 1.807) is 0 Å². The average molecular weight is 146 g/mol. The third kappa shape index (κ3) is 2.18. The van der Waals surface area contributed by atoms with E-state index in [-0.39, 0.29) is 0 Å². The fourth-order valence-electron chi connectivity index (χ4n) is 1.12. The highest BCUT2D eigenvalue weighted by atomic mass is 32.2. The molecule has 0 spiro atoms. The first kappa shape index (κ1) is 7.42. The van der Waals surface area contributed by atoms with Crippen molar-refractivity contribution in [2.24, 2.45) is 0 Å². The minimum Gasteiger partial charge on any atom is -0.368 e. The molecule has 1 heterocycles. The summed E-state index contributed by atoms with van der Waals surface area (Å²) in [5.74, 6) is 0.869. The zero-order valence-electron chi connectivity index (χ0n) is 6.31. The Morgan fingerprint density at radius 3 is 2.56 bits per heavy atom. The first-order valence-corrected chi connectivity index (χ1v) is 4.34. The SMILES string of the molecule is CC1CC(C)(C)SCO1. The smallest absolute Gasteiger partial charge is 0.0929 e. The molecule has 1 nitrogen and oxygen atoms in total. The molecule has 2 heteroatoms. The molecule has 0 aromatic rings. The van der Waals surface area contributed by atoms with Gasteiger partial charge >= 0.3 is 0 Å². The highest BCUT2D eigenvalue weighted by Gasteiger charge is 2.26. The van der Waals surface area contributed by atoms with E-state index in [9.17, 15) is 0 Å². The average Bonchev–Trinajstić information content (AvgIpc) is 1.60. The first-order valence-electron chi connectivity index (χ1n) is 3.36. The van der Waals surface area contributed by atoms with E-state index in [1.807, 2.05) is 11.8 Å². The van der Waals surface area contributed by atoms with Gasteiger partial charge in [-0.3, -0.25) is 0 Å². The molecule has 0 N–H and O–H groups in total. The van der Waals surface area contributed by atoms with Gasteiger partial charge in [0.25, 0.3) is 0 Å². The second kappa shape index (κ2) is 2.51. The molecular weight excluding hydrogens is 132 g/mol. The summed E-state index contributed by atoms with van der Waals surface area (Å²) in [6, 6.07) is 0. The van der Waals surface area contributed by atoms with Crippen molar-refractivity contribution in [1.82, 2.24) is 0 Å². The van der Waals surface area contributed by atoms with Crippen LogP contribution in [0.2, 0.25) is 0 Å². The summed E-state index contributed by atoms with van der Waals surface area (Å²) in [6.45, 7) is 6.69. The van der Waals surface area contributed by atoms with Gasteiger partial charge in [-0.15, -0.1) is 11.8 Å². The van der Waals surface area contributed by atoms with E-state index < -0.39 is 0 Å². The van der Waals surface area contributed by atoms with Gasteiger partial charge in [-0.05, 0) is 13.3 Å². The van der Waals surface area contributed by atoms with Crippen molar-refractivity contribution in [1.29, 1.82) is 0 Å². The molecule has 0 saturated carbocycles. The van der Waals surface area contributed by atoms with E-state index >= 15 is 0 Å². The molecule has 54 valence electrons. The number of rotatable bonds is 0. The second-order valence-electron chi connectivity index (χ2n) is 3.20. The van der Waals surface area contributed by atoms with Gasteiger partial charge in [0.15, 0.2) is 0 Å². The molecule has 1 aliphatic rings. The largest absolute Gasteiger partial charge is 0.368 e. The van der Waals surface area contributed by atoms with Crippen LogP contribution < -0.4 is 0 Å². The fraction of sp³-hybridized carbons (Fsp3) is 1.00. The van der Waals surface area contributed by atoms with Crippen molar-refractivity contribution < 1.29 is 4.74 Å². The molecule has 0 bridgehead atoms. The summed E-state index contributed by atoms with van der Waals surface area (Å²) in [5, 5.41) is 0. The Kier molecular flexibility index (Phi) is 2.07. The standard InChI is InChI=1S/C7H14OS/c1-6-4-7(2,3)9-5-8-6/h6H,4-5H2,1-3H3. The van der Waals surface area contributed by atoms with E-state index in [0.717, 1.165) is 5.94 Å². The van der Waals surface area contributed by atoms with Crippen molar-refractivity contribution in [3.8, 4) is 0 Å². The highest BCUT2D eigenvalue weighted by Crippen LogP contribution is 2.34. The van der Waals surface area contributed by atoms with Gasteiger partial charge in [-0.25, -0.2) is 0 Å². The van der Waals surface area contributed by atoms with Crippen molar-refractivity contribution in [2.75, 3.05) is 5.94 Å². The molecule has 1 rings (SSSR count). The topological polar surface area (TPSA) is 9.23 Å². The minimum absolute atomic E-state index is 0.442. The fourth-order valence-corrected chi connectivity index (χ4v) is 2.09. The summed E-state index contributed by atoms with van der Waals surface area (Å²) in [7, 11) is 0. The predicted molar refractivity (Wildman–Crippen MR) is 41.7 cm³/mol. The van der Waals surface area contributed by atoms with Crippen LogP contribution in [0.3, 0.4) is 0 Å². The Labute approximate surface area is 61.2 Å². The first-order chi connectivity index (χ1) is 4.10. The third-order valence-corrected chi connectivity index (χ3v) is 2.78. The van der Waals surface area contributed by atoms with Crippen LogP contribution in [0.25, 0.3) is 0 Å². The molecule has 1 fully saturated rings. The zero-order chi connectivity index (χ0) is 6.91. The Bertz CT molecular complexity index is 101. The molecule has 1 atom stereocenters. The molecule has 0 radical (unpaired) electrons. The second-order valence-corrected chi connectivity index (χ2v) is 4.83. The maximum atomic E-state index is 5.38. The third-order valence-electron chi connectivity index (χ3n) is 1.58. The van der Waals surface area contributed by atoms with Crippen LogP contribution in [0, 0.1) is 0 Å². The van der Waals surface area contributed by atoms with Crippen LogP contribution in [-0.2, 0) is 4.74 Å². The number of hydrogen-bond donors (Lipinski definition) is 0. The minimum atomic E-state index is 0.442. The van der Waals surface area contributed by atoms with E-state index in [2.05, 4.69) is 20.8 Å². The van der Waals surface area contributed by atoms with Crippen molar-refractivity contribution in [3.05, 3.63) is 0 Å². The number of ether oxygens (including phenoxy) is 1. The molecule has 1 aliphatic heterocycles. The van der Waals surface area contributed by atoms with Crippen LogP contribution in [0.4, 0.5) is 0 Å². The maximum absolute atomic E-state index is 5.38. The highest BCUT2D eigenvalue weighted by molar-refractivity contribution is 8.00. The molecule has 1 unspecified atom stereocenters. The van der Waals surface area contributed by atoms with E-state index in [1.165, 1.54) is 6.42 Å². The molecule has 9 heavy (non-hydrogen) atoms. The van der Waals surface area contributed by atoms with Gasteiger partial charge in [0.2, 0.25) is 0 Å². The lowest BCUT2D eigenvalue weighted by Gasteiger charge is -2.32. The Morgan fingerprint density at radius 1 is 1.56 bits per heavy atom. The Balaban J connectivity index is 2.41. The predicted octanol–water partition coefficient (Wildman–Crippen LogP) is 2.26. The zero-order valence-corrected chi connectivity index (χ0v) is 7.12. The molecule has 0 aromatic heterocycles. The molecule has 0 aliphatic carbocycles. The monoisotopic (exact) mass is 146 g/mol. The van der Waals surface area contributed by atoms with Gasteiger partial charge in [0.1, 0.15) is 0 Å². The van der Waals surface area contributed by atoms with Crippen LogP contribution >= 0.6 is 11.8 Å². The number of hydrogen-bond acceptors (Lipinski definition) is 2. The van der Waals surface area contributed by atoms with E-state index in [0.29, 0.717) is 10.9 Å². The van der Waals surface area contributed by atoms with Crippen LogP contribution in [0.15, 0.2) is 0 Å².